The molecule has 0 aromatic rings. The lowest BCUT2D eigenvalue weighted by Crippen LogP contribution is -1.86. The molecule has 6 heavy (non-hydrogen) atoms. The van der Waals surface area contributed by atoms with Gasteiger partial charge in [0.25, 0.3) is 0 Å². The van der Waals surface area contributed by atoms with Crippen molar-refractivity contribution >= 4 is 0 Å². The minimum atomic E-state index is 0.991. The molecule has 1 heterocycles. The molecular weight excluding hydrogens is 76.1 g/mol. The second-order valence-corrected chi connectivity index (χ2v) is 2.29. The van der Waals surface area contributed by atoms with Gasteiger partial charge in [-0.3, -0.25) is 0 Å². The maximum Gasteiger partial charge on any atom is 0.0498 e. The first-order valence-corrected chi connectivity index (χ1v) is 2.54. The van der Waals surface area contributed by atoms with Crippen LogP contribution in [0.2, 0.25) is 0 Å². The van der Waals surface area contributed by atoms with Crippen LogP contribution in [0.25, 0.3) is 0 Å². The van der Waals surface area contributed by atoms with E-state index in [4.69, 9.17) is 4.74 Å². The van der Waals surface area contributed by atoms with Crippen LogP contribution in [0, 0.1) is 11.8 Å². The normalized spacial score (nSPS) is 52.0. The van der Waals surface area contributed by atoms with E-state index in [1.54, 1.807) is 0 Å². The zero-order valence-corrected chi connectivity index (χ0v) is 3.68. The third-order valence-corrected chi connectivity index (χ3v) is 1.73. The van der Waals surface area contributed by atoms with Crippen molar-refractivity contribution < 1.29 is 4.74 Å². The minimum absolute atomic E-state index is 0.991. The number of hydrogen-bond donors (Lipinski definition) is 0. The van der Waals surface area contributed by atoms with Crippen molar-refractivity contribution in [2.75, 3.05) is 13.2 Å². The number of rotatable bonds is 0. The summed E-state index contributed by atoms with van der Waals surface area (Å²) in [5, 5.41) is 0. The van der Waals surface area contributed by atoms with Gasteiger partial charge in [-0.2, -0.15) is 0 Å². The molecule has 2 unspecified atom stereocenters. The van der Waals surface area contributed by atoms with Crippen LogP contribution in [0.3, 0.4) is 0 Å². The molecule has 0 N–H and O–H groups in total. The summed E-state index contributed by atoms with van der Waals surface area (Å²) in [7, 11) is 0. The van der Waals surface area contributed by atoms with Crippen molar-refractivity contribution in [2.45, 2.75) is 6.42 Å². The second kappa shape index (κ2) is 0.784. The first-order valence-electron chi connectivity index (χ1n) is 2.54. The minimum Gasteiger partial charge on any atom is -0.381 e. The van der Waals surface area contributed by atoms with E-state index in [1.165, 1.54) is 6.42 Å². The molecule has 2 atom stereocenters. The third kappa shape index (κ3) is 0.243. The number of fused-ring (bicyclic) bond motifs is 1. The Labute approximate surface area is 37.3 Å². The molecule has 2 rings (SSSR count). The highest BCUT2D eigenvalue weighted by molar-refractivity contribution is 4.89. The summed E-state index contributed by atoms with van der Waals surface area (Å²) < 4.78 is 5.11. The van der Waals surface area contributed by atoms with Crippen LogP contribution in [0.15, 0.2) is 0 Å². The van der Waals surface area contributed by atoms with Crippen LogP contribution >= 0.6 is 0 Å². The molecule has 1 aliphatic carbocycles. The highest BCUT2D eigenvalue weighted by Crippen LogP contribution is 2.43. The molecule has 0 aromatic carbocycles. The quantitative estimate of drug-likeness (QED) is 0.419. The van der Waals surface area contributed by atoms with Crippen LogP contribution in [0.1, 0.15) is 6.42 Å². The van der Waals surface area contributed by atoms with Crippen LogP contribution in [-0.2, 0) is 4.74 Å². The van der Waals surface area contributed by atoms with Gasteiger partial charge in [-0.25, -0.2) is 0 Å². The van der Waals surface area contributed by atoms with Crippen LogP contribution in [0.4, 0.5) is 0 Å². The Hall–Kier alpha value is -0.0400. The van der Waals surface area contributed by atoms with E-state index in [2.05, 4.69) is 0 Å². The zero-order valence-electron chi connectivity index (χ0n) is 3.68. The SMILES string of the molecule is C1OCC2CC12. The smallest absolute Gasteiger partial charge is 0.0498 e. The topological polar surface area (TPSA) is 9.23 Å². The summed E-state index contributed by atoms with van der Waals surface area (Å²) in [6.45, 7) is 2.12. The summed E-state index contributed by atoms with van der Waals surface area (Å²) in [6, 6.07) is 0. The molecule has 1 nitrogen and oxygen atoms in total. The van der Waals surface area contributed by atoms with Crippen molar-refractivity contribution in [2.24, 2.45) is 11.8 Å². The van der Waals surface area contributed by atoms with Gasteiger partial charge in [-0.15, -0.1) is 0 Å². The maximum absolute atomic E-state index is 5.11. The zero-order chi connectivity index (χ0) is 3.98. The number of hydrogen-bond acceptors (Lipinski definition) is 1. The first kappa shape index (κ1) is 3.03. The average Bonchev–Trinajstić information content (AvgIpc) is 2.17. The molecule has 0 aromatic heterocycles. The Balaban J connectivity index is 2.09. The van der Waals surface area contributed by atoms with Crippen molar-refractivity contribution in [3.63, 3.8) is 0 Å². The van der Waals surface area contributed by atoms with E-state index in [1.807, 2.05) is 0 Å². The van der Waals surface area contributed by atoms with Crippen molar-refractivity contribution in [3.8, 4) is 0 Å². The monoisotopic (exact) mass is 84.1 g/mol. The lowest BCUT2D eigenvalue weighted by molar-refractivity contribution is 0.165. The molecule has 0 spiro atoms. The van der Waals surface area contributed by atoms with Gasteiger partial charge in [0.05, 0.1) is 0 Å². The summed E-state index contributed by atoms with van der Waals surface area (Å²) >= 11 is 0. The summed E-state index contributed by atoms with van der Waals surface area (Å²) in [6.07, 6.45) is 1.46. The number of ether oxygens (including phenoxy) is 1. The molecule has 2 aliphatic rings. The second-order valence-electron chi connectivity index (χ2n) is 2.29. The van der Waals surface area contributed by atoms with E-state index in [-0.39, 0.29) is 0 Å². The average molecular weight is 84.1 g/mol. The Kier molecular flexibility index (Phi) is 0.396. The Bertz CT molecular complexity index is 62.3. The molecule has 34 valence electrons. The molecule has 0 amide bonds. The van der Waals surface area contributed by atoms with Gasteiger partial charge in [0.2, 0.25) is 0 Å². The van der Waals surface area contributed by atoms with E-state index in [0.29, 0.717) is 0 Å². The molecule has 1 aliphatic heterocycles. The fourth-order valence-electron chi connectivity index (χ4n) is 1.09. The molecule has 1 heteroatoms. The Morgan fingerprint density at radius 1 is 1.17 bits per heavy atom. The fourth-order valence-corrected chi connectivity index (χ4v) is 1.09. The molecular formula is C5H8O. The van der Waals surface area contributed by atoms with E-state index in [0.717, 1.165) is 25.0 Å². The van der Waals surface area contributed by atoms with Gasteiger partial charge in [0.15, 0.2) is 0 Å². The highest BCUT2D eigenvalue weighted by atomic mass is 16.5. The van der Waals surface area contributed by atoms with E-state index < -0.39 is 0 Å². The maximum atomic E-state index is 5.11. The molecule has 0 bridgehead atoms. The molecule has 1 saturated heterocycles. The lowest BCUT2D eigenvalue weighted by Gasteiger charge is -1.87. The summed E-state index contributed by atoms with van der Waals surface area (Å²) in [4.78, 5) is 0. The van der Waals surface area contributed by atoms with E-state index in [9.17, 15) is 0 Å². The van der Waals surface area contributed by atoms with Gasteiger partial charge in [0.1, 0.15) is 0 Å². The van der Waals surface area contributed by atoms with Gasteiger partial charge in [-0.05, 0) is 18.3 Å². The van der Waals surface area contributed by atoms with Crippen molar-refractivity contribution in [3.05, 3.63) is 0 Å². The summed E-state index contributed by atoms with van der Waals surface area (Å²) in [5.41, 5.74) is 0. The Morgan fingerprint density at radius 3 is 2.00 bits per heavy atom. The standard InChI is InChI=1S/C5H8O/c1-4-2-6-3-5(1)4/h4-5H,1-3H2. The van der Waals surface area contributed by atoms with Gasteiger partial charge < -0.3 is 4.74 Å². The summed E-state index contributed by atoms with van der Waals surface area (Å²) in [5.74, 6) is 1.98. The largest absolute Gasteiger partial charge is 0.381 e. The van der Waals surface area contributed by atoms with Crippen LogP contribution < -0.4 is 0 Å². The molecule has 2 fully saturated rings. The van der Waals surface area contributed by atoms with Crippen molar-refractivity contribution in [1.29, 1.82) is 0 Å². The van der Waals surface area contributed by atoms with Crippen LogP contribution in [0.5, 0.6) is 0 Å². The molecule has 1 saturated carbocycles. The van der Waals surface area contributed by atoms with Gasteiger partial charge in [-0.1, -0.05) is 0 Å². The predicted octanol–water partition coefficient (Wildman–Crippen LogP) is 0.653. The van der Waals surface area contributed by atoms with Gasteiger partial charge in [0, 0.05) is 13.2 Å². The first-order chi connectivity index (χ1) is 2.97. The Morgan fingerprint density at radius 2 is 1.83 bits per heavy atom. The predicted molar refractivity (Wildman–Crippen MR) is 22.4 cm³/mol. The lowest BCUT2D eigenvalue weighted by atomic mass is 10.4. The molecule has 0 radical (unpaired) electrons. The van der Waals surface area contributed by atoms with Crippen molar-refractivity contribution in [1.82, 2.24) is 0 Å². The van der Waals surface area contributed by atoms with Crippen LogP contribution in [-0.4, -0.2) is 13.2 Å². The van der Waals surface area contributed by atoms with Gasteiger partial charge >= 0.3 is 0 Å². The highest BCUT2D eigenvalue weighted by Gasteiger charge is 2.41. The van der Waals surface area contributed by atoms with E-state index >= 15 is 0 Å². The fraction of sp³-hybridized carbons (Fsp3) is 1.00. The third-order valence-electron chi connectivity index (χ3n) is 1.73.